The third-order valence-electron chi connectivity index (χ3n) is 2.35. The molecule has 0 aliphatic carbocycles. The summed E-state index contributed by atoms with van der Waals surface area (Å²) < 4.78 is 5.44. The molecule has 0 unspecified atom stereocenters. The van der Waals surface area contributed by atoms with Gasteiger partial charge in [-0.2, -0.15) is 0 Å². The van der Waals surface area contributed by atoms with E-state index >= 15 is 0 Å². The molecule has 2 nitrogen and oxygen atoms in total. The van der Waals surface area contributed by atoms with Crippen LogP contribution in [0.4, 0.5) is 0 Å². The summed E-state index contributed by atoms with van der Waals surface area (Å²) in [7, 11) is 0. The average molecular weight is 201 g/mol. The summed E-state index contributed by atoms with van der Waals surface area (Å²) in [6.07, 6.45) is 5.33. The van der Waals surface area contributed by atoms with Crippen molar-refractivity contribution in [1.29, 1.82) is 0 Å². The Morgan fingerprint density at radius 2 is 1.64 bits per heavy atom. The Balaban J connectivity index is 0.000000791. The zero-order valence-corrected chi connectivity index (χ0v) is 10.2. The number of likely N-dealkylation sites (tertiary alicyclic amines) is 1. The highest BCUT2D eigenvalue weighted by Crippen LogP contribution is 2.07. The van der Waals surface area contributed by atoms with Crippen LogP contribution in [-0.2, 0) is 4.74 Å². The number of hydrogen-bond donors (Lipinski definition) is 0. The maximum atomic E-state index is 5.44. The Labute approximate surface area is 89.6 Å². The van der Waals surface area contributed by atoms with Gasteiger partial charge in [0.2, 0.25) is 0 Å². The number of ether oxygens (including phenoxy) is 1. The summed E-state index contributed by atoms with van der Waals surface area (Å²) in [6, 6.07) is 0. The standard InChI is InChI=1S/C10H21NO.C2H6/c1-2-9-12-10-8-11-6-4-3-5-7-11;1-2/h2-10H2,1H3;1-2H3. The molecule has 0 N–H and O–H groups in total. The molecule has 0 radical (unpaired) electrons. The highest BCUT2D eigenvalue weighted by molar-refractivity contribution is 4.63. The second-order valence-corrected chi connectivity index (χ2v) is 3.51. The van der Waals surface area contributed by atoms with Crippen LogP contribution in [0.15, 0.2) is 0 Å². The van der Waals surface area contributed by atoms with Crippen LogP contribution in [0.5, 0.6) is 0 Å². The van der Waals surface area contributed by atoms with Crippen molar-refractivity contribution in [2.45, 2.75) is 46.5 Å². The molecule has 0 spiro atoms. The monoisotopic (exact) mass is 201 g/mol. The lowest BCUT2D eigenvalue weighted by atomic mass is 10.1. The predicted octanol–water partition coefficient (Wildman–Crippen LogP) is 2.93. The zero-order valence-electron chi connectivity index (χ0n) is 10.2. The third-order valence-corrected chi connectivity index (χ3v) is 2.35. The first-order valence-electron chi connectivity index (χ1n) is 6.23. The lowest BCUT2D eigenvalue weighted by Gasteiger charge is -2.25. The molecule has 1 saturated heterocycles. The van der Waals surface area contributed by atoms with E-state index in [0.717, 1.165) is 26.2 Å². The van der Waals surface area contributed by atoms with Gasteiger partial charge in [0.05, 0.1) is 6.61 Å². The highest BCUT2D eigenvalue weighted by atomic mass is 16.5. The van der Waals surface area contributed by atoms with Crippen LogP contribution in [0.1, 0.15) is 46.5 Å². The van der Waals surface area contributed by atoms with E-state index in [1.165, 1.54) is 32.4 Å². The number of rotatable bonds is 5. The number of piperidine rings is 1. The van der Waals surface area contributed by atoms with E-state index in [-0.39, 0.29) is 0 Å². The Bertz CT molecular complexity index is 100. The van der Waals surface area contributed by atoms with Gasteiger partial charge in [-0.25, -0.2) is 0 Å². The Morgan fingerprint density at radius 1 is 1.00 bits per heavy atom. The van der Waals surface area contributed by atoms with Crippen molar-refractivity contribution < 1.29 is 4.74 Å². The van der Waals surface area contributed by atoms with Gasteiger partial charge < -0.3 is 9.64 Å². The smallest absolute Gasteiger partial charge is 0.0593 e. The van der Waals surface area contributed by atoms with Crippen LogP contribution >= 0.6 is 0 Å². The maximum absolute atomic E-state index is 5.44. The molecule has 1 aliphatic rings. The Hall–Kier alpha value is -0.0800. The molecule has 0 amide bonds. The minimum atomic E-state index is 0.924. The molecule has 1 fully saturated rings. The molecule has 1 rings (SSSR count). The number of nitrogens with zero attached hydrogens (tertiary/aromatic N) is 1. The second kappa shape index (κ2) is 11.0. The van der Waals surface area contributed by atoms with Crippen LogP contribution < -0.4 is 0 Å². The van der Waals surface area contributed by atoms with Crippen LogP contribution in [0, 0.1) is 0 Å². The summed E-state index contributed by atoms with van der Waals surface area (Å²) in [4.78, 5) is 2.51. The summed E-state index contributed by atoms with van der Waals surface area (Å²) in [5.41, 5.74) is 0. The van der Waals surface area contributed by atoms with E-state index in [1.54, 1.807) is 0 Å². The first-order chi connectivity index (χ1) is 6.93. The highest BCUT2D eigenvalue weighted by Gasteiger charge is 2.08. The fourth-order valence-corrected chi connectivity index (χ4v) is 1.62. The van der Waals surface area contributed by atoms with E-state index in [9.17, 15) is 0 Å². The van der Waals surface area contributed by atoms with Crippen molar-refractivity contribution >= 4 is 0 Å². The maximum Gasteiger partial charge on any atom is 0.0593 e. The Kier molecular flexibility index (Phi) is 10.9. The normalized spacial score (nSPS) is 17.4. The summed E-state index contributed by atoms with van der Waals surface area (Å²) in [6.45, 7) is 11.7. The quantitative estimate of drug-likeness (QED) is 0.634. The lowest BCUT2D eigenvalue weighted by molar-refractivity contribution is 0.0969. The number of hydrogen-bond acceptors (Lipinski definition) is 2. The molecule has 14 heavy (non-hydrogen) atoms. The molecule has 0 aromatic rings. The van der Waals surface area contributed by atoms with Gasteiger partial charge in [0.15, 0.2) is 0 Å². The molecule has 0 aromatic carbocycles. The van der Waals surface area contributed by atoms with E-state index in [4.69, 9.17) is 4.74 Å². The van der Waals surface area contributed by atoms with Gasteiger partial charge in [-0.1, -0.05) is 27.2 Å². The topological polar surface area (TPSA) is 12.5 Å². The predicted molar refractivity (Wildman–Crippen MR) is 62.7 cm³/mol. The molecule has 0 saturated carbocycles. The fourth-order valence-electron chi connectivity index (χ4n) is 1.62. The first kappa shape index (κ1) is 13.9. The van der Waals surface area contributed by atoms with Crippen molar-refractivity contribution in [2.24, 2.45) is 0 Å². The van der Waals surface area contributed by atoms with Crippen molar-refractivity contribution in [3.05, 3.63) is 0 Å². The average Bonchev–Trinajstić information content (AvgIpc) is 2.29. The SMILES string of the molecule is CC.CCCOCCN1CCCCC1. The fraction of sp³-hybridized carbons (Fsp3) is 1.00. The Morgan fingerprint density at radius 3 is 2.21 bits per heavy atom. The van der Waals surface area contributed by atoms with Gasteiger partial charge in [-0.3, -0.25) is 0 Å². The van der Waals surface area contributed by atoms with Gasteiger partial charge in [0.1, 0.15) is 0 Å². The van der Waals surface area contributed by atoms with Gasteiger partial charge in [-0.05, 0) is 32.4 Å². The van der Waals surface area contributed by atoms with Crippen molar-refractivity contribution in [2.75, 3.05) is 32.8 Å². The minimum Gasteiger partial charge on any atom is -0.380 e. The summed E-state index contributed by atoms with van der Waals surface area (Å²) >= 11 is 0. The molecule has 2 heteroatoms. The summed E-state index contributed by atoms with van der Waals surface area (Å²) in [5.74, 6) is 0. The molecular weight excluding hydrogens is 174 g/mol. The van der Waals surface area contributed by atoms with Crippen molar-refractivity contribution in [3.8, 4) is 0 Å². The van der Waals surface area contributed by atoms with Gasteiger partial charge in [-0.15, -0.1) is 0 Å². The van der Waals surface area contributed by atoms with E-state index in [2.05, 4.69) is 11.8 Å². The second-order valence-electron chi connectivity index (χ2n) is 3.51. The van der Waals surface area contributed by atoms with Crippen molar-refractivity contribution in [1.82, 2.24) is 4.90 Å². The lowest BCUT2D eigenvalue weighted by Crippen LogP contribution is -2.32. The molecule has 1 aliphatic heterocycles. The van der Waals surface area contributed by atoms with Gasteiger partial charge in [0.25, 0.3) is 0 Å². The first-order valence-corrected chi connectivity index (χ1v) is 6.23. The summed E-state index contributed by atoms with van der Waals surface area (Å²) in [5, 5.41) is 0. The van der Waals surface area contributed by atoms with Gasteiger partial charge in [0, 0.05) is 13.2 Å². The molecular formula is C12H27NO. The zero-order chi connectivity index (χ0) is 10.6. The van der Waals surface area contributed by atoms with Crippen LogP contribution in [0.3, 0.4) is 0 Å². The molecule has 0 bridgehead atoms. The van der Waals surface area contributed by atoms with E-state index < -0.39 is 0 Å². The largest absolute Gasteiger partial charge is 0.380 e. The van der Waals surface area contributed by atoms with Gasteiger partial charge >= 0.3 is 0 Å². The minimum absolute atomic E-state index is 0.924. The molecule has 0 atom stereocenters. The molecule has 1 heterocycles. The van der Waals surface area contributed by atoms with E-state index in [1.807, 2.05) is 13.8 Å². The van der Waals surface area contributed by atoms with Crippen LogP contribution in [-0.4, -0.2) is 37.7 Å². The third kappa shape index (κ3) is 7.34. The molecule has 86 valence electrons. The van der Waals surface area contributed by atoms with Crippen LogP contribution in [0.2, 0.25) is 0 Å². The molecule has 0 aromatic heterocycles. The van der Waals surface area contributed by atoms with E-state index in [0.29, 0.717) is 0 Å². The van der Waals surface area contributed by atoms with Crippen molar-refractivity contribution in [3.63, 3.8) is 0 Å². The van der Waals surface area contributed by atoms with Crippen LogP contribution in [0.25, 0.3) is 0 Å².